The van der Waals surface area contributed by atoms with Crippen molar-refractivity contribution >= 4 is 22.8 Å². The van der Waals surface area contributed by atoms with Crippen molar-refractivity contribution in [3.8, 4) is 0 Å². The van der Waals surface area contributed by atoms with Crippen molar-refractivity contribution in [3.63, 3.8) is 0 Å². The first kappa shape index (κ1) is 13.8. The maximum Gasteiger partial charge on any atom is 0.352 e. The van der Waals surface area contributed by atoms with Gasteiger partial charge in [-0.1, -0.05) is 30.3 Å². The molecule has 2 aromatic heterocycles. The SMILES string of the molecule is O=C(O)c1cc2c(N3CCCC3c3ccccc3)ncnc2[nH]1. The van der Waals surface area contributed by atoms with E-state index in [2.05, 4.69) is 32.0 Å². The van der Waals surface area contributed by atoms with Gasteiger partial charge in [-0.05, 0) is 24.5 Å². The molecule has 1 aromatic carbocycles. The van der Waals surface area contributed by atoms with Gasteiger partial charge in [0.25, 0.3) is 0 Å². The highest BCUT2D eigenvalue weighted by Gasteiger charge is 2.29. The number of carbonyl (C=O) groups is 1. The lowest BCUT2D eigenvalue weighted by Gasteiger charge is -2.26. The van der Waals surface area contributed by atoms with E-state index in [4.69, 9.17) is 0 Å². The van der Waals surface area contributed by atoms with E-state index < -0.39 is 5.97 Å². The van der Waals surface area contributed by atoms with Gasteiger partial charge in [-0.25, -0.2) is 14.8 Å². The quantitative estimate of drug-likeness (QED) is 0.777. The van der Waals surface area contributed by atoms with Gasteiger partial charge < -0.3 is 15.0 Å². The van der Waals surface area contributed by atoms with Crippen molar-refractivity contribution in [1.29, 1.82) is 0 Å². The van der Waals surface area contributed by atoms with Gasteiger partial charge >= 0.3 is 5.97 Å². The summed E-state index contributed by atoms with van der Waals surface area (Å²) in [6, 6.07) is 12.2. The third-order valence-electron chi connectivity index (χ3n) is 4.34. The minimum absolute atomic E-state index is 0.136. The number of nitrogens with zero attached hydrogens (tertiary/aromatic N) is 3. The summed E-state index contributed by atoms with van der Waals surface area (Å²) in [6.45, 7) is 0.902. The van der Waals surface area contributed by atoms with Crippen LogP contribution >= 0.6 is 0 Å². The van der Waals surface area contributed by atoms with Crippen LogP contribution in [0.25, 0.3) is 11.0 Å². The molecule has 0 spiro atoms. The zero-order valence-corrected chi connectivity index (χ0v) is 12.4. The van der Waals surface area contributed by atoms with E-state index in [9.17, 15) is 9.90 Å². The number of carboxylic acids is 1. The number of anilines is 1. The smallest absolute Gasteiger partial charge is 0.352 e. The number of benzene rings is 1. The molecular weight excluding hydrogens is 292 g/mol. The first-order valence-electron chi connectivity index (χ1n) is 7.62. The van der Waals surface area contributed by atoms with E-state index in [1.165, 1.54) is 11.9 Å². The lowest BCUT2D eigenvalue weighted by Crippen LogP contribution is -2.23. The Hall–Kier alpha value is -2.89. The lowest BCUT2D eigenvalue weighted by atomic mass is 10.0. The topological polar surface area (TPSA) is 82.1 Å². The number of hydrogen-bond donors (Lipinski definition) is 2. The zero-order chi connectivity index (χ0) is 15.8. The highest BCUT2D eigenvalue weighted by Crippen LogP contribution is 2.37. The Kier molecular flexibility index (Phi) is 3.22. The molecule has 4 rings (SSSR count). The summed E-state index contributed by atoms with van der Waals surface area (Å²) in [4.78, 5) is 24.9. The van der Waals surface area contributed by atoms with Gasteiger partial charge in [0.2, 0.25) is 0 Å². The van der Waals surface area contributed by atoms with Crippen LogP contribution in [-0.4, -0.2) is 32.6 Å². The van der Waals surface area contributed by atoms with Gasteiger partial charge in [0.15, 0.2) is 0 Å². The first-order valence-corrected chi connectivity index (χ1v) is 7.62. The lowest BCUT2D eigenvalue weighted by molar-refractivity contribution is 0.0691. The molecule has 2 N–H and O–H groups in total. The monoisotopic (exact) mass is 308 g/mol. The maximum atomic E-state index is 11.2. The number of rotatable bonds is 3. The summed E-state index contributed by atoms with van der Waals surface area (Å²) in [6.07, 6.45) is 3.63. The largest absolute Gasteiger partial charge is 0.477 e. The molecule has 1 saturated heterocycles. The normalized spacial score (nSPS) is 17.7. The van der Waals surface area contributed by atoms with Crippen molar-refractivity contribution in [1.82, 2.24) is 15.0 Å². The number of aromatic carboxylic acids is 1. The molecule has 116 valence electrons. The molecule has 0 aliphatic carbocycles. The minimum Gasteiger partial charge on any atom is -0.477 e. The molecule has 6 nitrogen and oxygen atoms in total. The highest BCUT2D eigenvalue weighted by molar-refractivity contribution is 5.96. The highest BCUT2D eigenvalue weighted by atomic mass is 16.4. The third kappa shape index (κ3) is 2.32. The van der Waals surface area contributed by atoms with Crippen LogP contribution < -0.4 is 4.90 Å². The Bertz CT molecular complexity index is 859. The average Bonchev–Trinajstić information content (AvgIpc) is 3.22. The van der Waals surface area contributed by atoms with Gasteiger partial charge in [-0.3, -0.25) is 0 Å². The molecule has 0 amide bonds. The zero-order valence-electron chi connectivity index (χ0n) is 12.4. The summed E-state index contributed by atoms with van der Waals surface area (Å²) in [5.74, 6) is -0.194. The van der Waals surface area contributed by atoms with E-state index in [1.807, 2.05) is 18.2 Å². The molecule has 0 radical (unpaired) electrons. The summed E-state index contributed by atoms with van der Waals surface area (Å²) in [7, 11) is 0. The second-order valence-corrected chi connectivity index (χ2v) is 5.71. The van der Waals surface area contributed by atoms with Crippen LogP contribution in [0.1, 0.15) is 34.9 Å². The molecule has 3 aromatic rings. The summed E-state index contributed by atoms with van der Waals surface area (Å²) in [5.41, 5.74) is 1.95. The van der Waals surface area contributed by atoms with Gasteiger partial charge in [0.05, 0.1) is 11.4 Å². The van der Waals surface area contributed by atoms with Gasteiger partial charge in [-0.15, -0.1) is 0 Å². The molecule has 1 fully saturated rings. The van der Waals surface area contributed by atoms with Crippen LogP contribution in [0.4, 0.5) is 5.82 Å². The molecule has 0 bridgehead atoms. The first-order chi connectivity index (χ1) is 11.2. The molecule has 1 aliphatic rings. The van der Waals surface area contributed by atoms with E-state index >= 15 is 0 Å². The number of fused-ring (bicyclic) bond motifs is 1. The van der Waals surface area contributed by atoms with Crippen LogP contribution in [0.2, 0.25) is 0 Å². The molecule has 0 saturated carbocycles. The summed E-state index contributed by atoms with van der Waals surface area (Å²) in [5, 5.41) is 9.94. The van der Waals surface area contributed by atoms with Crippen molar-refractivity contribution in [2.24, 2.45) is 0 Å². The fourth-order valence-corrected chi connectivity index (χ4v) is 3.31. The summed E-state index contributed by atoms with van der Waals surface area (Å²) < 4.78 is 0. The van der Waals surface area contributed by atoms with Crippen molar-refractivity contribution in [3.05, 3.63) is 54.0 Å². The fourth-order valence-electron chi connectivity index (χ4n) is 3.31. The average molecular weight is 308 g/mol. The van der Waals surface area contributed by atoms with Crippen LogP contribution in [0.3, 0.4) is 0 Å². The van der Waals surface area contributed by atoms with Crippen molar-refractivity contribution in [2.45, 2.75) is 18.9 Å². The van der Waals surface area contributed by atoms with Crippen LogP contribution in [0, 0.1) is 0 Å². The number of aromatic amines is 1. The van der Waals surface area contributed by atoms with Gasteiger partial charge in [0.1, 0.15) is 23.5 Å². The molecule has 23 heavy (non-hydrogen) atoms. The molecule has 1 unspecified atom stereocenters. The molecule has 1 atom stereocenters. The van der Waals surface area contributed by atoms with E-state index in [1.54, 1.807) is 6.07 Å². The number of nitrogens with one attached hydrogen (secondary N) is 1. The van der Waals surface area contributed by atoms with Gasteiger partial charge in [-0.2, -0.15) is 0 Å². The Labute approximate surface area is 132 Å². The van der Waals surface area contributed by atoms with Crippen molar-refractivity contribution in [2.75, 3.05) is 11.4 Å². The van der Waals surface area contributed by atoms with Gasteiger partial charge in [0, 0.05) is 6.54 Å². The summed E-state index contributed by atoms with van der Waals surface area (Å²) >= 11 is 0. The molecule has 6 heteroatoms. The number of carboxylic acid groups (broad SMARTS) is 1. The standard InChI is InChI=1S/C17H16N4O2/c22-17(23)13-9-12-15(20-13)18-10-19-16(12)21-8-4-7-14(21)11-5-2-1-3-6-11/h1-3,5-6,9-10,14H,4,7-8H2,(H,22,23)(H,18,19,20). The Morgan fingerprint density at radius 2 is 2.09 bits per heavy atom. The predicted octanol–water partition coefficient (Wildman–Crippen LogP) is 3.00. The van der Waals surface area contributed by atoms with Crippen LogP contribution in [0.15, 0.2) is 42.7 Å². The van der Waals surface area contributed by atoms with Crippen LogP contribution in [0.5, 0.6) is 0 Å². The Balaban J connectivity index is 1.80. The van der Waals surface area contributed by atoms with Crippen LogP contribution in [-0.2, 0) is 0 Å². The number of aromatic nitrogens is 3. The van der Waals surface area contributed by atoms with E-state index in [0.29, 0.717) is 5.65 Å². The van der Waals surface area contributed by atoms with Crippen molar-refractivity contribution < 1.29 is 9.90 Å². The predicted molar refractivity (Wildman–Crippen MR) is 86.6 cm³/mol. The second-order valence-electron chi connectivity index (χ2n) is 5.71. The number of H-pyrrole nitrogens is 1. The van der Waals surface area contributed by atoms with E-state index in [0.717, 1.165) is 30.6 Å². The number of hydrogen-bond acceptors (Lipinski definition) is 4. The Morgan fingerprint density at radius 1 is 1.26 bits per heavy atom. The maximum absolute atomic E-state index is 11.2. The van der Waals surface area contributed by atoms with E-state index in [-0.39, 0.29) is 11.7 Å². The minimum atomic E-state index is -0.991. The molecular formula is C17H16N4O2. The molecule has 3 heterocycles. The Morgan fingerprint density at radius 3 is 2.87 bits per heavy atom. The fraction of sp³-hybridized carbons (Fsp3) is 0.235. The third-order valence-corrected chi connectivity index (χ3v) is 4.34. The second kappa shape index (κ2) is 5.39. The molecule has 1 aliphatic heterocycles.